The number of aliphatic imine (C=N–C) groups is 1. The second kappa shape index (κ2) is 12.0. The van der Waals surface area contributed by atoms with Gasteiger partial charge in [0.25, 0.3) is 0 Å². The first-order valence-corrected chi connectivity index (χ1v) is 11.6. The van der Waals surface area contributed by atoms with Crippen molar-refractivity contribution in [3.63, 3.8) is 0 Å². The topological polar surface area (TPSA) is 53.0 Å². The number of benzene rings is 1. The summed E-state index contributed by atoms with van der Waals surface area (Å²) in [5.74, 6) is 2.04. The van der Waals surface area contributed by atoms with Crippen LogP contribution in [0.3, 0.4) is 0 Å². The molecule has 2 saturated heterocycles. The minimum Gasteiger partial charge on any atom is -0.381 e. The molecule has 0 amide bonds. The second-order valence-electron chi connectivity index (χ2n) is 8.24. The molecule has 1 aromatic carbocycles. The van der Waals surface area contributed by atoms with E-state index in [-0.39, 0.29) is 29.4 Å². The van der Waals surface area contributed by atoms with Crippen molar-refractivity contribution in [2.24, 2.45) is 4.99 Å². The predicted molar refractivity (Wildman–Crippen MR) is 143 cm³/mol. The Balaban J connectivity index is 0.00000289. The molecule has 6 nitrogen and oxygen atoms in total. The van der Waals surface area contributed by atoms with Crippen molar-refractivity contribution in [3.05, 3.63) is 59.2 Å². The van der Waals surface area contributed by atoms with Gasteiger partial charge < -0.3 is 19.9 Å². The van der Waals surface area contributed by atoms with Crippen LogP contribution in [0.15, 0.2) is 53.7 Å². The van der Waals surface area contributed by atoms with E-state index in [1.165, 1.54) is 5.56 Å². The first-order chi connectivity index (χ1) is 15.2. The van der Waals surface area contributed by atoms with Gasteiger partial charge in [-0.25, -0.2) is 4.98 Å². The summed E-state index contributed by atoms with van der Waals surface area (Å²) in [7, 11) is 0. The predicted octanol–water partition coefficient (Wildman–Crippen LogP) is 4.19. The highest BCUT2D eigenvalue weighted by Crippen LogP contribution is 2.36. The lowest BCUT2D eigenvalue weighted by atomic mass is 9.74. The van der Waals surface area contributed by atoms with Crippen molar-refractivity contribution < 1.29 is 4.74 Å². The largest absolute Gasteiger partial charge is 0.381 e. The highest BCUT2D eigenvalue weighted by molar-refractivity contribution is 14.0. The summed E-state index contributed by atoms with van der Waals surface area (Å²) in [4.78, 5) is 14.3. The third-order valence-electron chi connectivity index (χ3n) is 6.31. The standard InChI is InChI=1S/C24H32ClN5O.HI/c1-2-26-23(30-14-12-29(13-15-30)22-8-3-4-11-27-22)28-19-24(9-16-31-17-10-24)20-6-5-7-21(25)18-20;/h3-8,11,18H,2,9-10,12-17,19H2,1H3,(H,26,28);1H. The molecule has 2 fully saturated rings. The van der Waals surface area contributed by atoms with Gasteiger partial charge in [0.1, 0.15) is 5.82 Å². The third-order valence-corrected chi connectivity index (χ3v) is 6.54. The summed E-state index contributed by atoms with van der Waals surface area (Å²) >= 11 is 6.33. The maximum absolute atomic E-state index is 6.33. The SMILES string of the molecule is CCNC(=NCC1(c2cccc(Cl)c2)CCOCC1)N1CCN(c2ccccn2)CC1.I. The molecule has 0 radical (unpaired) electrons. The van der Waals surface area contributed by atoms with Gasteiger partial charge >= 0.3 is 0 Å². The molecule has 2 aromatic rings. The Morgan fingerprint density at radius 2 is 1.91 bits per heavy atom. The molecule has 174 valence electrons. The maximum Gasteiger partial charge on any atom is 0.194 e. The van der Waals surface area contributed by atoms with E-state index in [1.54, 1.807) is 0 Å². The zero-order valence-corrected chi connectivity index (χ0v) is 21.8. The van der Waals surface area contributed by atoms with E-state index in [9.17, 15) is 0 Å². The molecule has 0 atom stereocenters. The van der Waals surface area contributed by atoms with Gasteiger partial charge in [-0.2, -0.15) is 0 Å². The van der Waals surface area contributed by atoms with Crippen LogP contribution in [0.1, 0.15) is 25.3 Å². The summed E-state index contributed by atoms with van der Waals surface area (Å²) in [6, 6.07) is 14.3. The molecule has 0 aliphatic carbocycles. The number of rotatable bonds is 5. The van der Waals surface area contributed by atoms with E-state index in [0.29, 0.717) is 0 Å². The fourth-order valence-electron chi connectivity index (χ4n) is 4.46. The van der Waals surface area contributed by atoms with Crippen LogP contribution < -0.4 is 10.2 Å². The molecule has 3 heterocycles. The first kappa shape index (κ1) is 25.1. The van der Waals surface area contributed by atoms with Crippen LogP contribution in [0, 0.1) is 0 Å². The van der Waals surface area contributed by atoms with Crippen LogP contribution in [0.5, 0.6) is 0 Å². The minimum absolute atomic E-state index is 0. The van der Waals surface area contributed by atoms with E-state index in [0.717, 1.165) is 82.1 Å². The molecule has 32 heavy (non-hydrogen) atoms. The Bertz CT molecular complexity index is 868. The number of ether oxygens (including phenoxy) is 1. The van der Waals surface area contributed by atoms with Gasteiger partial charge in [-0.1, -0.05) is 29.8 Å². The van der Waals surface area contributed by atoms with E-state index < -0.39 is 0 Å². The van der Waals surface area contributed by atoms with Gasteiger partial charge in [0.2, 0.25) is 0 Å². The lowest BCUT2D eigenvalue weighted by molar-refractivity contribution is 0.0530. The number of pyridine rings is 1. The summed E-state index contributed by atoms with van der Waals surface area (Å²) < 4.78 is 5.68. The van der Waals surface area contributed by atoms with Crippen LogP contribution in [0.25, 0.3) is 0 Å². The normalized spacial score (nSPS) is 18.8. The molecular formula is C24H33ClIN5O. The zero-order chi connectivity index (χ0) is 21.5. The Kier molecular flexibility index (Phi) is 9.43. The highest BCUT2D eigenvalue weighted by Gasteiger charge is 2.35. The second-order valence-corrected chi connectivity index (χ2v) is 8.67. The average Bonchev–Trinajstić information content (AvgIpc) is 2.83. The Morgan fingerprint density at radius 1 is 1.12 bits per heavy atom. The summed E-state index contributed by atoms with van der Waals surface area (Å²) in [6.45, 7) is 8.98. The molecule has 2 aliphatic rings. The van der Waals surface area contributed by atoms with E-state index in [2.05, 4.69) is 45.2 Å². The Hall–Kier alpha value is -1.58. The summed E-state index contributed by atoms with van der Waals surface area (Å²) in [5, 5.41) is 4.29. The number of nitrogens with one attached hydrogen (secondary N) is 1. The van der Waals surface area contributed by atoms with E-state index in [4.69, 9.17) is 21.3 Å². The quantitative estimate of drug-likeness (QED) is 0.333. The fraction of sp³-hybridized carbons (Fsp3) is 0.500. The van der Waals surface area contributed by atoms with Crippen LogP contribution >= 0.6 is 35.6 Å². The average molecular weight is 570 g/mol. The highest BCUT2D eigenvalue weighted by atomic mass is 127. The fourth-order valence-corrected chi connectivity index (χ4v) is 4.65. The Morgan fingerprint density at radius 3 is 2.56 bits per heavy atom. The molecule has 1 N–H and O–H groups in total. The molecular weight excluding hydrogens is 537 g/mol. The molecule has 8 heteroatoms. The lowest BCUT2D eigenvalue weighted by Gasteiger charge is -2.39. The van der Waals surface area contributed by atoms with Crippen LogP contribution in [0.4, 0.5) is 5.82 Å². The smallest absolute Gasteiger partial charge is 0.194 e. The Labute approximate surface area is 213 Å². The van der Waals surface area contributed by atoms with Crippen LogP contribution in [0.2, 0.25) is 5.02 Å². The lowest BCUT2D eigenvalue weighted by Crippen LogP contribution is -2.53. The molecule has 4 rings (SSSR count). The number of piperazine rings is 1. The summed E-state index contributed by atoms with van der Waals surface area (Å²) in [6.07, 6.45) is 3.78. The van der Waals surface area contributed by atoms with Gasteiger partial charge in [-0.15, -0.1) is 24.0 Å². The third kappa shape index (κ3) is 6.05. The van der Waals surface area contributed by atoms with E-state index >= 15 is 0 Å². The number of aromatic nitrogens is 1. The molecule has 0 saturated carbocycles. The molecule has 0 bridgehead atoms. The summed E-state index contributed by atoms with van der Waals surface area (Å²) in [5.41, 5.74) is 1.24. The molecule has 0 unspecified atom stereocenters. The molecule has 1 aromatic heterocycles. The number of nitrogens with zero attached hydrogens (tertiary/aromatic N) is 4. The zero-order valence-electron chi connectivity index (χ0n) is 18.7. The van der Waals surface area contributed by atoms with Crippen molar-refractivity contribution in [2.75, 3.05) is 57.4 Å². The van der Waals surface area contributed by atoms with Crippen molar-refractivity contribution in [1.82, 2.24) is 15.2 Å². The van der Waals surface area contributed by atoms with Gasteiger partial charge in [0.15, 0.2) is 5.96 Å². The van der Waals surface area contributed by atoms with Crippen molar-refractivity contribution in [2.45, 2.75) is 25.2 Å². The number of hydrogen-bond donors (Lipinski definition) is 1. The van der Waals surface area contributed by atoms with Crippen LogP contribution in [-0.4, -0.2) is 68.3 Å². The van der Waals surface area contributed by atoms with Gasteiger partial charge in [0.05, 0.1) is 6.54 Å². The van der Waals surface area contributed by atoms with Crippen molar-refractivity contribution in [3.8, 4) is 0 Å². The maximum atomic E-state index is 6.33. The van der Waals surface area contributed by atoms with Crippen molar-refractivity contribution in [1.29, 1.82) is 0 Å². The first-order valence-electron chi connectivity index (χ1n) is 11.2. The number of halogens is 2. The van der Waals surface area contributed by atoms with Gasteiger partial charge in [-0.3, -0.25) is 4.99 Å². The van der Waals surface area contributed by atoms with Gasteiger partial charge in [0, 0.05) is 62.6 Å². The number of guanidine groups is 1. The van der Waals surface area contributed by atoms with Crippen LogP contribution in [-0.2, 0) is 10.2 Å². The number of anilines is 1. The molecule has 0 spiro atoms. The minimum atomic E-state index is -0.0282. The van der Waals surface area contributed by atoms with E-state index in [1.807, 2.05) is 30.5 Å². The van der Waals surface area contributed by atoms with Gasteiger partial charge in [-0.05, 0) is 49.6 Å². The molecule has 2 aliphatic heterocycles. The number of hydrogen-bond acceptors (Lipinski definition) is 4. The van der Waals surface area contributed by atoms with Crippen molar-refractivity contribution >= 4 is 47.4 Å². The monoisotopic (exact) mass is 569 g/mol.